The fourth-order valence-corrected chi connectivity index (χ4v) is 8.11. The van der Waals surface area contributed by atoms with Gasteiger partial charge in [-0.05, 0) is 62.1 Å². The Hall–Kier alpha value is -6.58. The van der Waals surface area contributed by atoms with E-state index in [1.165, 1.54) is 27.5 Å². The largest absolute Gasteiger partial charge is 3.00 e. The quantitative estimate of drug-likeness (QED) is 0.165. The van der Waals surface area contributed by atoms with Crippen LogP contribution >= 0.6 is 0 Å². The van der Waals surface area contributed by atoms with E-state index in [0.717, 1.165) is 61.0 Å². The van der Waals surface area contributed by atoms with Gasteiger partial charge in [0.25, 0.3) is 0 Å². The molecule has 3 aromatic heterocycles. The van der Waals surface area contributed by atoms with Crippen LogP contribution in [-0.2, 0) is 25.5 Å². The zero-order chi connectivity index (χ0) is 36.6. The number of hydrogen-bond donors (Lipinski definition) is 0. The number of benzene rings is 7. The molecule has 264 valence electrons. The van der Waals surface area contributed by atoms with Crippen LogP contribution in [0.2, 0.25) is 0 Å². The van der Waals surface area contributed by atoms with E-state index in [1.54, 1.807) is 0 Å². The Kier molecular flexibility index (Phi) is 9.36. The van der Waals surface area contributed by atoms with Gasteiger partial charge in [0, 0.05) is 23.5 Å². The van der Waals surface area contributed by atoms with Crippen LogP contribution in [0, 0.1) is 18.2 Å². The topological polar surface area (TPSA) is 38.7 Å². The molecule has 1 aliphatic carbocycles. The SMILES string of the molecule is [Ir+3].[c-]1ccccc1-c1nc([C@]2(c3cc4ccccc4cn3)c3[c-]cccc3-c3ccccc32)cc2ccccc12.[c-]1ccccc1-c1nccc2ccccc12. The third-order valence-electron chi connectivity index (χ3n) is 10.6. The molecule has 1 atom stereocenters. The number of rotatable bonds is 4. The zero-order valence-electron chi connectivity index (χ0n) is 30.2. The summed E-state index contributed by atoms with van der Waals surface area (Å²) in [6, 6.07) is 72.9. The second kappa shape index (κ2) is 14.9. The molecule has 0 fully saturated rings. The van der Waals surface area contributed by atoms with Crippen LogP contribution in [0.5, 0.6) is 0 Å². The first-order valence-corrected chi connectivity index (χ1v) is 18.4. The fourth-order valence-electron chi connectivity index (χ4n) is 8.11. The summed E-state index contributed by atoms with van der Waals surface area (Å²) in [6.45, 7) is 0. The van der Waals surface area contributed by atoms with Gasteiger partial charge in [-0.2, -0.15) is 24.3 Å². The minimum absolute atomic E-state index is 0. The summed E-state index contributed by atoms with van der Waals surface area (Å²) in [5.41, 5.74) is 9.71. The van der Waals surface area contributed by atoms with Gasteiger partial charge in [-0.1, -0.05) is 103 Å². The Morgan fingerprint density at radius 3 is 1.79 bits per heavy atom. The van der Waals surface area contributed by atoms with Gasteiger partial charge in [-0.25, -0.2) is 0 Å². The molecule has 0 N–H and O–H groups in total. The van der Waals surface area contributed by atoms with Crippen molar-refractivity contribution in [3.05, 3.63) is 235 Å². The summed E-state index contributed by atoms with van der Waals surface area (Å²) in [5, 5.41) is 6.90. The van der Waals surface area contributed by atoms with Gasteiger partial charge in [0.15, 0.2) is 0 Å². The van der Waals surface area contributed by atoms with Crippen molar-refractivity contribution in [3.63, 3.8) is 0 Å². The van der Waals surface area contributed by atoms with Crippen molar-refractivity contribution in [1.29, 1.82) is 0 Å². The predicted octanol–water partition coefficient (Wildman–Crippen LogP) is 12.1. The van der Waals surface area contributed by atoms with Crippen molar-refractivity contribution in [1.82, 2.24) is 15.0 Å². The van der Waals surface area contributed by atoms with Crippen molar-refractivity contribution in [2.45, 2.75) is 5.41 Å². The summed E-state index contributed by atoms with van der Waals surface area (Å²) in [4.78, 5) is 15.1. The molecule has 3 nitrogen and oxygen atoms in total. The molecule has 0 spiro atoms. The average Bonchev–Trinajstić information content (AvgIpc) is 3.57. The van der Waals surface area contributed by atoms with Crippen LogP contribution in [-0.4, -0.2) is 15.0 Å². The fraction of sp³-hybridized carbons (Fsp3) is 0.0192. The standard InChI is InChI=1S/C37H22N2.C15H10N.Ir/c1-2-12-25(13-3-1)36-29-17-7-6-15-27(29)23-35(39-36)37(34-22-26-14-4-5-16-28(26)24-38-34)32-20-10-8-18-30(32)31-19-9-11-21-33(31)37;1-2-7-13(8-3-1)15-14-9-5-4-6-12(14)10-11-16-15;/h1-12,14-20,22-24H;1-7,9-11H;/q-2;-1;+3/t37-;;/m0../s1. The van der Waals surface area contributed by atoms with Gasteiger partial charge in [-0.3, -0.25) is 9.97 Å². The first-order valence-electron chi connectivity index (χ1n) is 18.4. The molecule has 10 aromatic rings. The predicted molar refractivity (Wildman–Crippen MR) is 223 cm³/mol. The summed E-state index contributed by atoms with van der Waals surface area (Å²) in [7, 11) is 0. The molecule has 11 rings (SSSR count). The molecule has 56 heavy (non-hydrogen) atoms. The average molecular weight is 891 g/mol. The maximum atomic E-state index is 5.49. The van der Waals surface area contributed by atoms with E-state index in [0.29, 0.717) is 0 Å². The Labute approximate surface area is 339 Å². The summed E-state index contributed by atoms with van der Waals surface area (Å²) in [6.07, 6.45) is 3.83. The zero-order valence-corrected chi connectivity index (χ0v) is 32.5. The number of fused-ring (bicyclic) bond motifs is 6. The van der Waals surface area contributed by atoms with Crippen LogP contribution in [0.1, 0.15) is 22.5 Å². The Balaban J connectivity index is 0.000000202. The van der Waals surface area contributed by atoms with Gasteiger partial charge in [0.05, 0.1) is 11.1 Å². The molecule has 0 saturated carbocycles. The molecular weight excluding hydrogens is 859 g/mol. The number of hydrogen-bond acceptors (Lipinski definition) is 3. The first-order chi connectivity index (χ1) is 27.3. The minimum atomic E-state index is -0.731. The molecule has 0 aliphatic heterocycles. The van der Waals surface area contributed by atoms with E-state index >= 15 is 0 Å². The Morgan fingerprint density at radius 2 is 1.02 bits per heavy atom. The first kappa shape index (κ1) is 35.1. The smallest absolute Gasteiger partial charge is 0.304 e. The molecule has 0 unspecified atom stereocenters. The Bertz CT molecular complexity index is 2950. The number of pyridine rings is 3. The van der Waals surface area contributed by atoms with E-state index in [1.807, 2.05) is 79.1 Å². The van der Waals surface area contributed by atoms with E-state index < -0.39 is 5.41 Å². The molecule has 4 heteroatoms. The van der Waals surface area contributed by atoms with Gasteiger partial charge in [0.1, 0.15) is 0 Å². The molecule has 0 bridgehead atoms. The van der Waals surface area contributed by atoms with E-state index in [2.05, 4.69) is 138 Å². The molecule has 0 amide bonds. The third-order valence-corrected chi connectivity index (χ3v) is 10.6. The second-order valence-electron chi connectivity index (χ2n) is 13.7. The van der Waals surface area contributed by atoms with Crippen molar-refractivity contribution >= 4 is 32.3 Å². The maximum absolute atomic E-state index is 5.49. The maximum Gasteiger partial charge on any atom is 3.00 e. The second-order valence-corrected chi connectivity index (χ2v) is 13.7. The minimum Gasteiger partial charge on any atom is -0.304 e. The van der Waals surface area contributed by atoms with Gasteiger partial charge < -0.3 is 4.98 Å². The van der Waals surface area contributed by atoms with Crippen LogP contribution in [0.3, 0.4) is 0 Å². The normalized spacial score (nSPS) is 14.0. The van der Waals surface area contributed by atoms with Crippen molar-refractivity contribution < 1.29 is 20.1 Å². The monoisotopic (exact) mass is 891 g/mol. The van der Waals surface area contributed by atoms with Crippen molar-refractivity contribution in [2.75, 3.05) is 0 Å². The number of nitrogens with zero attached hydrogens (tertiary/aromatic N) is 3. The van der Waals surface area contributed by atoms with Crippen molar-refractivity contribution in [3.8, 4) is 33.6 Å². The summed E-state index contributed by atoms with van der Waals surface area (Å²) < 4.78 is 0. The molecule has 7 aromatic carbocycles. The summed E-state index contributed by atoms with van der Waals surface area (Å²) >= 11 is 0. The molecule has 0 radical (unpaired) electrons. The molecular formula is C52H32IrN3. The molecule has 0 saturated heterocycles. The van der Waals surface area contributed by atoms with Crippen molar-refractivity contribution in [2.24, 2.45) is 0 Å². The third kappa shape index (κ3) is 5.92. The van der Waals surface area contributed by atoms with E-state index in [-0.39, 0.29) is 20.1 Å². The number of aromatic nitrogens is 3. The van der Waals surface area contributed by atoms with Crippen LogP contribution < -0.4 is 0 Å². The molecule has 1 aliphatic rings. The van der Waals surface area contributed by atoms with Crippen LogP contribution in [0.25, 0.3) is 66.0 Å². The van der Waals surface area contributed by atoms with Crippen LogP contribution in [0.4, 0.5) is 0 Å². The van der Waals surface area contributed by atoms with Gasteiger partial charge in [-0.15, -0.1) is 82.9 Å². The van der Waals surface area contributed by atoms with Gasteiger partial charge >= 0.3 is 20.1 Å². The van der Waals surface area contributed by atoms with E-state index in [4.69, 9.17) is 9.97 Å². The van der Waals surface area contributed by atoms with Crippen LogP contribution in [0.15, 0.2) is 194 Å². The Morgan fingerprint density at radius 1 is 0.429 bits per heavy atom. The molecule has 3 heterocycles. The summed E-state index contributed by atoms with van der Waals surface area (Å²) in [5.74, 6) is 0. The van der Waals surface area contributed by atoms with Gasteiger partial charge in [0.2, 0.25) is 0 Å². The van der Waals surface area contributed by atoms with E-state index in [9.17, 15) is 0 Å².